The Hall–Kier alpha value is -4.45. The van der Waals surface area contributed by atoms with Crippen molar-refractivity contribution >= 4 is 74.6 Å². The number of nitrogens with one attached hydrogen (secondary N) is 2. The number of rotatable bonds is 8. The van der Waals surface area contributed by atoms with Crippen LogP contribution < -0.4 is 10.9 Å². The molecule has 0 aromatic heterocycles. The normalized spacial score (nSPS) is 12.7. The van der Waals surface area contributed by atoms with Gasteiger partial charge in [-0.25, -0.2) is 0 Å². The van der Waals surface area contributed by atoms with Crippen molar-refractivity contribution < 1.29 is 38.9 Å². The van der Waals surface area contributed by atoms with Crippen molar-refractivity contribution in [1.82, 2.24) is 0 Å². The Morgan fingerprint density at radius 1 is 0.581 bits per heavy atom. The fraction of sp³-hybridized carbons (Fsp3) is 0.0370. The molecule has 0 saturated heterocycles. The fourth-order valence-electron chi connectivity index (χ4n) is 4.46. The molecule has 0 unspecified atom stereocenters. The zero-order chi connectivity index (χ0) is 31.2. The highest BCUT2D eigenvalue weighted by molar-refractivity contribution is 7.86. The van der Waals surface area contributed by atoms with Crippen LogP contribution in [0.2, 0.25) is 0 Å². The van der Waals surface area contributed by atoms with E-state index in [4.69, 9.17) is 4.55 Å². The van der Waals surface area contributed by atoms with Gasteiger partial charge in [0.25, 0.3) is 30.4 Å². The molecule has 13 nitrogen and oxygen atoms in total. The minimum absolute atomic E-state index is 0.211. The van der Waals surface area contributed by atoms with Gasteiger partial charge in [0.15, 0.2) is 0 Å². The molecule has 0 radical (unpaired) electrons. The molecule has 5 aromatic carbocycles. The highest BCUT2D eigenvalue weighted by Gasteiger charge is 2.18. The summed E-state index contributed by atoms with van der Waals surface area (Å²) in [5, 5.41) is 10.0. The molecule has 222 valence electrons. The Bertz CT molecular complexity index is 2270. The van der Waals surface area contributed by atoms with Crippen LogP contribution in [0.15, 0.2) is 110 Å². The first-order chi connectivity index (χ1) is 20.1. The molecule has 0 heterocycles. The molecule has 0 saturated carbocycles. The number of hydrazine groups is 1. The molecule has 0 aliphatic carbocycles. The molecular formula is C27H22N4O9S3. The van der Waals surface area contributed by atoms with Crippen LogP contribution in [0.25, 0.3) is 21.5 Å². The lowest BCUT2D eigenvalue weighted by Gasteiger charge is -2.14. The molecule has 16 heteroatoms. The second kappa shape index (κ2) is 11.0. The standard InChI is InChI=1S/C27H22N4O9S3/c1-16-5-12-24(21-3-2-4-26(27(16)21)43(38,39)40)30-31-25-14-13-23(20-11-10-19(15-22(20)25)42(35,36)37)29-28-17-6-8-18(9-7-17)41(32,33)34/h2-15,28-29H,1H3,(H,32,33,34)(H,35,36,37)(H,38,39,40)/b31-30+. The van der Waals surface area contributed by atoms with E-state index in [2.05, 4.69) is 21.1 Å². The van der Waals surface area contributed by atoms with Crippen molar-refractivity contribution in [2.75, 3.05) is 10.9 Å². The van der Waals surface area contributed by atoms with Gasteiger partial charge in [0.2, 0.25) is 0 Å². The van der Waals surface area contributed by atoms with Gasteiger partial charge in [0.1, 0.15) is 4.90 Å². The molecule has 5 N–H and O–H groups in total. The Morgan fingerprint density at radius 2 is 1.19 bits per heavy atom. The van der Waals surface area contributed by atoms with Gasteiger partial charge >= 0.3 is 0 Å². The number of aryl methyl sites for hydroxylation is 1. The van der Waals surface area contributed by atoms with E-state index >= 15 is 0 Å². The summed E-state index contributed by atoms with van der Waals surface area (Å²) >= 11 is 0. The quantitative estimate of drug-likeness (QED) is 0.0764. The summed E-state index contributed by atoms with van der Waals surface area (Å²) in [6.45, 7) is 1.69. The molecule has 0 amide bonds. The van der Waals surface area contributed by atoms with Crippen molar-refractivity contribution in [2.45, 2.75) is 21.6 Å². The number of azo groups is 1. The van der Waals surface area contributed by atoms with Crippen LogP contribution in [0.5, 0.6) is 0 Å². The van der Waals surface area contributed by atoms with E-state index in [1.165, 1.54) is 60.7 Å². The minimum Gasteiger partial charge on any atom is -0.301 e. The lowest BCUT2D eigenvalue weighted by molar-refractivity contribution is 0.481. The summed E-state index contributed by atoms with van der Waals surface area (Å²) in [5.41, 5.74) is 7.79. The van der Waals surface area contributed by atoms with Crippen molar-refractivity contribution in [3.8, 4) is 0 Å². The van der Waals surface area contributed by atoms with Gasteiger partial charge in [0, 0.05) is 21.5 Å². The topological polar surface area (TPSA) is 212 Å². The summed E-state index contributed by atoms with van der Waals surface area (Å²) in [4.78, 5) is -0.953. The van der Waals surface area contributed by atoms with E-state index < -0.39 is 30.4 Å². The van der Waals surface area contributed by atoms with Crippen molar-refractivity contribution in [3.05, 3.63) is 90.5 Å². The van der Waals surface area contributed by atoms with Gasteiger partial charge in [-0.1, -0.05) is 24.3 Å². The molecule has 5 rings (SSSR count). The van der Waals surface area contributed by atoms with E-state index in [1.807, 2.05) is 0 Å². The number of anilines is 2. The molecule has 0 atom stereocenters. The van der Waals surface area contributed by atoms with E-state index in [9.17, 15) is 34.4 Å². The number of benzene rings is 5. The van der Waals surface area contributed by atoms with Gasteiger partial charge in [0.05, 0.1) is 32.5 Å². The Morgan fingerprint density at radius 3 is 1.81 bits per heavy atom. The SMILES string of the molecule is Cc1ccc(/N=N/c2ccc(NNc3ccc(S(=O)(=O)O)cc3)c3ccc(S(=O)(=O)O)cc23)c2cccc(S(=O)(=O)O)c12. The first-order valence-corrected chi connectivity index (χ1v) is 16.5. The fourth-order valence-corrected chi connectivity index (χ4v) is 6.22. The molecule has 0 fully saturated rings. The molecule has 43 heavy (non-hydrogen) atoms. The monoisotopic (exact) mass is 642 g/mol. The highest BCUT2D eigenvalue weighted by atomic mass is 32.2. The zero-order valence-electron chi connectivity index (χ0n) is 22.0. The highest BCUT2D eigenvalue weighted by Crippen LogP contribution is 2.37. The summed E-state index contributed by atoms with van der Waals surface area (Å²) < 4.78 is 98.8. The number of hydrogen-bond donors (Lipinski definition) is 5. The predicted molar refractivity (Wildman–Crippen MR) is 160 cm³/mol. The average molecular weight is 643 g/mol. The molecule has 0 aliphatic rings. The molecule has 0 aliphatic heterocycles. The van der Waals surface area contributed by atoms with Gasteiger partial charge in [-0.3, -0.25) is 13.7 Å². The third-order valence-electron chi connectivity index (χ3n) is 6.49. The maximum absolute atomic E-state index is 12.0. The smallest absolute Gasteiger partial charge is 0.295 e. The first-order valence-electron chi connectivity index (χ1n) is 12.2. The second-order valence-electron chi connectivity index (χ2n) is 9.32. The van der Waals surface area contributed by atoms with Crippen LogP contribution in [-0.4, -0.2) is 38.9 Å². The third-order valence-corrected chi connectivity index (χ3v) is 9.10. The lowest BCUT2D eigenvalue weighted by Crippen LogP contribution is -2.09. The summed E-state index contributed by atoms with van der Waals surface area (Å²) in [6.07, 6.45) is 0. The predicted octanol–water partition coefficient (Wildman–Crippen LogP) is 5.90. The molecule has 5 aromatic rings. The van der Waals surface area contributed by atoms with Crippen molar-refractivity contribution in [3.63, 3.8) is 0 Å². The first kappa shape index (κ1) is 30.0. The van der Waals surface area contributed by atoms with E-state index in [0.717, 1.165) is 0 Å². The van der Waals surface area contributed by atoms with Gasteiger partial charge in [-0.2, -0.15) is 25.3 Å². The average Bonchev–Trinajstić information content (AvgIpc) is 2.94. The Balaban J connectivity index is 1.57. The largest absolute Gasteiger partial charge is 0.301 e. The molecule has 0 bridgehead atoms. The third kappa shape index (κ3) is 6.34. The number of hydrogen-bond acceptors (Lipinski definition) is 10. The Kier molecular flexibility index (Phi) is 7.68. The molecular weight excluding hydrogens is 621 g/mol. The minimum atomic E-state index is -4.57. The summed E-state index contributed by atoms with van der Waals surface area (Å²) in [7, 11) is -13.5. The van der Waals surface area contributed by atoms with E-state index in [1.54, 1.807) is 31.2 Å². The Labute approximate surface area is 246 Å². The van der Waals surface area contributed by atoms with Gasteiger partial charge in [-0.15, -0.1) is 10.2 Å². The van der Waals surface area contributed by atoms with Gasteiger partial charge in [-0.05, 0) is 73.2 Å². The van der Waals surface area contributed by atoms with Crippen LogP contribution in [-0.2, 0) is 30.4 Å². The zero-order valence-corrected chi connectivity index (χ0v) is 24.4. The lowest BCUT2D eigenvalue weighted by atomic mass is 10.0. The second-order valence-corrected chi connectivity index (χ2v) is 13.6. The number of fused-ring (bicyclic) bond motifs is 2. The van der Waals surface area contributed by atoms with Crippen molar-refractivity contribution in [1.29, 1.82) is 0 Å². The van der Waals surface area contributed by atoms with Crippen LogP contribution in [0.1, 0.15) is 5.56 Å². The number of nitrogens with zero attached hydrogens (tertiary/aromatic N) is 2. The van der Waals surface area contributed by atoms with Crippen LogP contribution in [0.3, 0.4) is 0 Å². The van der Waals surface area contributed by atoms with Gasteiger partial charge < -0.3 is 10.9 Å². The maximum atomic E-state index is 12.0. The van der Waals surface area contributed by atoms with E-state index in [-0.39, 0.29) is 36.8 Å². The van der Waals surface area contributed by atoms with Crippen LogP contribution in [0, 0.1) is 6.92 Å². The van der Waals surface area contributed by atoms with Crippen LogP contribution >= 0.6 is 0 Å². The maximum Gasteiger partial charge on any atom is 0.295 e. The summed E-state index contributed by atoms with van der Waals surface area (Å²) in [5.74, 6) is 0. The van der Waals surface area contributed by atoms with Crippen molar-refractivity contribution in [2.24, 2.45) is 10.2 Å². The van der Waals surface area contributed by atoms with Crippen LogP contribution in [0.4, 0.5) is 22.7 Å². The van der Waals surface area contributed by atoms with E-state index in [0.29, 0.717) is 27.7 Å². The summed E-state index contributed by atoms with van der Waals surface area (Å²) in [6, 6.07) is 19.9. The molecule has 0 spiro atoms.